The predicted octanol–water partition coefficient (Wildman–Crippen LogP) is 4.42. The SMILES string of the molecule is COC(=O)[C@H]1C[C@H]2[C@@H]3CCc4cc(OC5CCCCO5)ccc4[C@H]3CC[C@]2(C)C1=O. The number of carbonyl (C=O) groups is 2. The van der Waals surface area contributed by atoms with Gasteiger partial charge in [-0.15, -0.1) is 0 Å². The molecule has 2 saturated carbocycles. The van der Waals surface area contributed by atoms with Gasteiger partial charge in [0, 0.05) is 11.8 Å². The molecular weight excluding hydrogens is 380 g/mol. The number of hydrogen-bond acceptors (Lipinski definition) is 5. The highest BCUT2D eigenvalue weighted by molar-refractivity contribution is 6.03. The number of esters is 1. The predicted molar refractivity (Wildman–Crippen MR) is 111 cm³/mol. The highest BCUT2D eigenvalue weighted by atomic mass is 16.7. The van der Waals surface area contributed by atoms with E-state index in [1.54, 1.807) is 0 Å². The van der Waals surface area contributed by atoms with Gasteiger partial charge in [-0.3, -0.25) is 9.59 Å². The number of rotatable bonds is 3. The third-order valence-corrected chi connectivity index (χ3v) is 8.35. The van der Waals surface area contributed by atoms with Gasteiger partial charge in [0.25, 0.3) is 0 Å². The highest BCUT2D eigenvalue weighted by Gasteiger charge is 2.59. The molecule has 0 bridgehead atoms. The molecule has 1 aliphatic heterocycles. The van der Waals surface area contributed by atoms with E-state index in [1.807, 2.05) is 0 Å². The van der Waals surface area contributed by atoms with Crippen molar-refractivity contribution in [2.45, 2.75) is 70.5 Å². The summed E-state index contributed by atoms with van der Waals surface area (Å²) in [4.78, 5) is 25.3. The summed E-state index contributed by atoms with van der Waals surface area (Å²) in [5.41, 5.74) is 2.42. The van der Waals surface area contributed by atoms with Crippen molar-refractivity contribution in [1.82, 2.24) is 0 Å². The molecule has 1 unspecified atom stereocenters. The van der Waals surface area contributed by atoms with Gasteiger partial charge in [-0.05, 0) is 86.0 Å². The number of methoxy groups -OCH3 is 1. The third-order valence-electron chi connectivity index (χ3n) is 8.35. The van der Waals surface area contributed by atoms with Gasteiger partial charge in [-0.25, -0.2) is 0 Å². The quantitative estimate of drug-likeness (QED) is 0.543. The lowest BCUT2D eigenvalue weighted by molar-refractivity contribution is -0.149. The molecular formula is C25H32O5. The first-order chi connectivity index (χ1) is 14.5. The Morgan fingerprint density at radius 2 is 2.07 bits per heavy atom. The summed E-state index contributed by atoms with van der Waals surface area (Å²) >= 11 is 0. The van der Waals surface area contributed by atoms with Crippen LogP contribution in [-0.4, -0.2) is 31.8 Å². The second kappa shape index (κ2) is 7.67. The molecule has 0 aromatic heterocycles. The summed E-state index contributed by atoms with van der Waals surface area (Å²) in [6, 6.07) is 6.53. The summed E-state index contributed by atoms with van der Waals surface area (Å²) < 4.78 is 16.8. The van der Waals surface area contributed by atoms with Crippen LogP contribution in [-0.2, 0) is 25.5 Å². The van der Waals surface area contributed by atoms with Crippen LogP contribution in [0.25, 0.3) is 0 Å². The van der Waals surface area contributed by atoms with Gasteiger partial charge in [0.15, 0.2) is 12.1 Å². The van der Waals surface area contributed by atoms with E-state index in [1.165, 1.54) is 18.2 Å². The van der Waals surface area contributed by atoms with Crippen molar-refractivity contribution in [3.63, 3.8) is 0 Å². The van der Waals surface area contributed by atoms with Crippen LogP contribution in [0.1, 0.15) is 68.9 Å². The fourth-order valence-electron chi connectivity index (χ4n) is 6.75. The van der Waals surface area contributed by atoms with Crippen LogP contribution in [0.5, 0.6) is 5.75 Å². The molecule has 0 spiro atoms. The standard InChI is InChI=1S/C25H32O5/c1-25-11-10-18-17-9-7-16(30-22-5-3-4-12-29-22)13-15(17)6-8-19(18)21(25)14-20(23(25)26)24(27)28-2/h7,9,13,18-22H,3-6,8,10-12,14H2,1-2H3/t18-,19-,20+,21+,22?,25+/m1/s1. The summed E-state index contributed by atoms with van der Waals surface area (Å²) in [7, 11) is 1.39. The first kappa shape index (κ1) is 20.0. The van der Waals surface area contributed by atoms with E-state index in [2.05, 4.69) is 25.1 Å². The zero-order chi connectivity index (χ0) is 20.9. The van der Waals surface area contributed by atoms with Crippen molar-refractivity contribution in [3.8, 4) is 5.75 Å². The smallest absolute Gasteiger partial charge is 0.316 e. The maximum atomic E-state index is 13.1. The molecule has 30 heavy (non-hydrogen) atoms. The van der Waals surface area contributed by atoms with Gasteiger partial charge in [0.05, 0.1) is 13.7 Å². The first-order valence-electron chi connectivity index (χ1n) is 11.5. The third kappa shape index (κ3) is 3.17. The van der Waals surface area contributed by atoms with Crippen LogP contribution in [0.4, 0.5) is 0 Å². The number of ether oxygens (including phenoxy) is 3. The van der Waals surface area contributed by atoms with Crippen molar-refractivity contribution in [3.05, 3.63) is 29.3 Å². The van der Waals surface area contributed by atoms with Gasteiger partial charge >= 0.3 is 5.97 Å². The second-order valence-corrected chi connectivity index (χ2v) is 9.82. The van der Waals surface area contributed by atoms with Gasteiger partial charge in [-0.1, -0.05) is 13.0 Å². The van der Waals surface area contributed by atoms with Crippen molar-refractivity contribution in [2.24, 2.45) is 23.2 Å². The fraction of sp³-hybridized carbons (Fsp3) is 0.680. The number of carbonyl (C=O) groups excluding carboxylic acids is 2. The fourth-order valence-corrected chi connectivity index (χ4v) is 6.75. The Morgan fingerprint density at radius 1 is 1.20 bits per heavy atom. The van der Waals surface area contributed by atoms with Crippen LogP contribution >= 0.6 is 0 Å². The van der Waals surface area contributed by atoms with Gasteiger partial charge < -0.3 is 14.2 Å². The monoisotopic (exact) mass is 412 g/mol. The minimum Gasteiger partial charge on any atom is -0.468 e. The van der Waals surface area contributed by atoms with Gasteiger partial charge in [-0.2, -0.15) is 0 Å². The molecule has 0 radical (unpaired) electrons. The molecule has 5 heteroatoms. The lowest BCUT2D eigenvalue weighted by atomic mass is 9.55. The average Bonchev–Trinajstić information content (AvgIpc) is 3.04. The van der Waals surface area contributed by atoms with Crippen LogP contribution < -0.4 is 4.74 Å². The number of aryl methyl sites for hydroxylation is 1. The van der Waals surface area contributed by atoms with Crippen molar-refractivity contribution >= 4 is 11.8 Å². The van der Waals surface area contributed by atoms with E-state index in [9.17, 15) is 9.59 Å². The second-order valence-electron chi connectivity index (χ2n) is 9.82. The summed E-state index contributed by atoms with van der Waals surface area (Å²) in [5, 5.41) is 0. The Kier molecular flexibility index (Phi) is 5.12. The van der Waals surface area contributed by atoms with Crippen LogP contribution in [0, 0.1) is 23.2 Å². The zero-order valence-electron chi connectivity index (χ0n) is 18.0. The molecule has 1 heterocycles. The number of ketones is 1. The van der Waals surface area contributed by atoms with Crippen molar-refractivity contribution < 1.29 is 23.8 Å². The van der Waals surface area contributed by atoms with Crippen molar-refractivity contribution in [1.29, 1.82) is 0 Å². The van der Waals surface area contributed by atoms with E-state index in [-0.39, 0.29) is 29.4 Å². The molecule has 0 amide bonds. The number of benzene rings is 1. The molecule has 162 valence electrons. The molecule has 1 aromatic carbocycles. The minimum absolute atomic E-state index is 0.111. The maximum absolute atomic E-state index is 13.1. The molecule has 1 aromatic rings. The lowest BCUT2D eigenvalue weighted by Gasteiger charge is -2.48. The maximum Gasteiger partial charge on any atom is 0.316 e. The first-order valence-corrected chi connectivity index (χ1v) is 11.5. The Balaban J connectivity index is 1.36. The van der Waals surface area contributed by atoms with E-state index in [0.29, 0.717) is 18.3 Å². The molecule has 4 aliphatic rings. The Bertz CT molecular complexity index is 842. The summed E-state index contributed by atoms with van der Waals surface area (Å²) in [5.74, 6) is 1.29. The summed E-state index contributed by atoms with van der Waals surface area (Å²) in [6.45, 7) is 2.88. The normalized spacial score (nSPS) is 37.7. The summed E-state index contributed by atoms with van der Waals surface area (Å²) in [6.07, 6.45) is 7.71. The van der Waals surface area contributed by atoms with Crippen molar-refractivity contribution in [2.75, 3.05) is 13.7 Å². The van der Waals surface area contributed by atoms with Crippen LogP contribution in [0.15, 0.2) is 18.2 Å². The number of Topliss-reactive ketones (excluding diaryl/α,β-unsaturated/α-hetero) is 1. The molecule has 5 nitrogen and oxygen atoms in total. The molecule has 3 fully saturated rings. The minimum atomic E-state index is -0.573. The molecule has 3 aliphatic carbocycles. The molecule has 1 saturated heterocycles. The Hall–Kier alpha value is -1.88. The number of hydrogen-bond donors (Lipinski definition) is 0. The molecule has 6 atom stereocenters. The van der Waals surface area contributed by atoms with Gasteiger partial charge in [0.2, 0.25) is 0 Å². The van der Waals surface area contributed by atoms with E-state index < -0.39 is 5.92 Å². The van der Waals surface area contributed by atoms with Crippen LogP contribution in [0.2, 0.25) is 0 Å². The Labute approximate surface area is 178 Å². The lowest BCUT2D eigenvalue weighted by Crippen LogP contribution is -2.43. The van der Waals surface area contributed by atoms with E-state index in [0.717, 1.165) is 57.3 Å². The molecule has 5 rings (SSSR count). The Morgan fingerprint density at radius 3 is 2.83 bits per heavy atom. The van der Waals surface area contributed by atoms with E-state index in [4.69, 9.17) is 14.2 Å². The zero-order valence-corrected chi connectivity index (χ0v) is 18.0. The highest BCUT2D eigenvalue weighted by Crippen LogP contribution is 2.61. The van der Waals surface area contributed by atoms with Crippen LogP contribution in [0.3, 0.4) is 0 Å². The van der Waals surface area contributed by atoms with Gasteiger partial charge in [0.1, 0.15) is 11.7 Å². The topological polar surface area (TPSA) is 61.8 Å². The molecule has 0 N–H and O–H groups in total. The largest absolute Gasteiger partial charge is 0.468 e. The van der Waals surface area contributed by atoms with E-state index >= 15 is 0 Å². The number of fused-ring (bicyclic) bond motifs is 5. The average molecular weight is 413 g/mol.